The van der Waals surface area contributed by atoms with Crippen LogP contribution in [0, 0.1) is 5.41 Å². The fraction of sp³-hybridized carbons (Fsp3) is 0.737. The van der Waals surface area contributed by atoms with Crippen molar-refractivity contribution in [3.05, 3.63) is 18.5 Å². The molecule has 0 amide bonds. The molecule has 1 aromatic rings. The van der Waals surface area contributed by atoms with E-state index in [0.29, 0.717) is 17.6 Å². The molecule has 2 heterocycles. The highest BCUT2D eigenvalue weighted by atomic mass is 16.5. The highest BCUT2D eigenvalue weighted by molar-refractivity contribution is 5.80. The van der Waals surface area contributed by atoms with E-state index >= 15 is 0 Å². The zero-order valence-electron chi connectivity index (χ0n) is 15.9. The first kappa shape index (κ1) is 17.5. The van der Waals surface area contributed by atoms with Crippen molar-refractivity contribution in [1.82, 2.24) is 20.2 Å². The molecule has 4 rings (SSSR count). The third-order valence-corrected chi connectivity index (χ3v) is 6.37. The Morgan fingerprint density at radius 2 is 2.00 bits per heavy atom. The average Bonchev–Trinajstić information content (AvgIpc) is 2.64. The molecule has 26 heavy (non-hydrogen) atoms. The molecular formula is C19H30N6O. The molecule has 0 radical (unpaired) electrons. The van der Waals surface area contributed by atoms with E-state index in [1.165, 1.54) is 19.3 Å². The van der Waals surface area contributed by atoms with Crippen molar-refractivity contribution >= 4 is 11.9 Å². The maximum Gasteiger partial charge on any atom is 0.225 e. The van der Waals surface area contributed by atoms with Crippen LogP contribution in [0.3, 0.4) is 0 Å². The topological polar surface area (TPSA) is 65.9 Å². The fourth-order valence-corrected chi connectivity index (χ4v) is 4.67. The summed E-state index contributed by atoms with van der Waals surface area (Å²) in [5.41, 5.74) is 0.353. The van der Waals surface area contributed by atoms with E-state index in [1.54, 1.807) is 12.4 Å². The van der Waals surface area contributed by atoms with Gasteiger partial charge in [0.05, 0.1) is 6.10 Å². The normalized spacial score (nSPS) is 27.8. The van der Waals surface area contributed by atoms with Gasteiger partial charge < -0.3 is 19.9 Å². The molecule has 1 N–H and O–H groups in total. The number of anilines is 1. The van der Waals surface area contributed by atoms with Gasteiger partial charge in [-0.05, 0) is 32.3 Å². The highest BCUT2D eigenvalue weighted by Gasteiger charge is 2.59. The first-order valence-corrected chi connectivity index (χ1v) is 9.88. The summed E-state index contributed by atoms with van der Waals surface area (Å²) in [5, 5.41) is 3.75. The van der Waals surface area contributed by atoms with Crippen molar-refractivity contribution in [2.45, 2.75) is 44.8 Å². The molecule has 3 fully saturated rings. The molecule has 0 bridgehead atoms. The summed E-state index contributed by atoms with van der Waals surface area (Å²) in [7, 11) is 1.89. The Hall–Kier alpha value is -1.89. The SMILES string of the molecule is CCOC1CC(NC(=NC)N2CCN(c3ncccn3)CC2)C12CCC2. The van der Waals surface area contributed by atoms with Crippen LogP contribution in [0.15, 0.2) is 23.5 Å². The maximum atomic E-state index is 5.98. The number of hydrogen-bond acceptors (Lipinski definition) is 5. The van der Waals surface area contributed by atoms with Gasteiger partial charge in [0.25, 0.3) is 0 Å². The molecule has 1 saturated heterocycles. The van der Waals surface area contributed by atoms with Crippen molar-refractivity contribution in [2.75, 3.05) is 44.7 Å². The Balaban J connectivity index is 1.33. The first-order valence-electron chi connectivity index (χ1n) is 9.88. The average molecular weight is 358 g/mol. The number of aliphatic imine (C=N–C) groups is 1. The van der Waals surface area contributed by atoms with Crippen LogP contribution in [0.2, 0.25) is 0 Å². The van der Waals surface area contributed by atoms with E-state index in [2.05, 4.69) is 37.0 Å². The number of ether oxygens (including phenoxy) is 1. The van der Waals surface area contributed by atoms with E-state index in [9.17, 15) is 0 Å². The lowest BCUT2D eigenvalue weighted by molar-refractivity contribution is -0.168. The van der Waals surface area contributed by atoms with Crippen LogP contribution in [0.4, 0.5) is 5.95 Å². The van der Waals surface area contributed by atoms with Crippen LogP contribution >= 0.6 is 0 Å². The maximum absolute atomic E-state index is 5.98. The van der Waals surface area contributed by atoms with Gasteiger partial charge in [0, 0.05) is 63.7 Å². The van der Waals surface area contributed by atoms with Crippen molar-refractivity contribution in [3.8, 4) is 0 Å². The van der Waals surface area contributed by atoms with Gasteiger partial charge in [-0.1, -0.05) is 6.42 Å². The summed E-state index contributed by atoms with van der Waals surface area (Å²) in [6.07, 6.45) is 9.04. The van der Waals surface area contributed by atoms with E-state index in [4.69, 9.17) is 4.74 Å². The summed E-state index contributed by atoms with van der Waals surface area (Å²) in [4.78, 5) is 17.9. The van der Waals surface area contributed by atoms with Gasteiger partial charge in [0.2, 0.25) is 5.95 Å². The Bertz CT molecular complexity index is 624. The number of guanidine groups is 1. The molecule has 7 heteroatoms. The fourth-order valence-electron chi connectivity index (χ4n) is 4.67. The summed E-state index contributed by atoms with van der Waals surface area (Å²) >= 11 is 0. The molecule has 2 saturated carbocycles. The number of piperazine rings is 1. The molecule has 1 aliphatic heterocycles. The van der Waals surface area contributed by atoms with Gasteiger partial charge in [-0.15, -0.1) is 0 Å². The van der Waals surface area contributed by atoms with Gasteiger partial charge in [-0.2, -0.15) is 0 Å². The number of nitrogens with one attached hydrogen (secondary N) is 1. The van der Waals surface area contributed by atoms with Gasteiger partial charge >= 0.3 is 0 Å². The van der Waals surface area contributed by atoms with E-state index < -0.39 is 0 Å². The minimum absolute atomic E-state index is 0.353. The molecule has 3 aliphatic rings. The summed E-state index contributed by atoms with van der Waals surface area (Å²) in [6.45, 7) is 6.63. The lowest BCUT2D eigenvalue weighted by atomic mass is 9.51. The number of nitrogens with zero attached hydrogens (tertiary/aromatic N) is 5. The van der Waals surface area contributed by atoms with Crippen molar-refractivity contribution in [2.24, 2.45) is 10.4 Å². The summed E-state index contributed by atoms with van der Waals surface area (Å²) in [5.74, 6) is 1.85. The molecular weight excluding hydrogens is 328 g/mol. The van der Waals surface area contributed by atoms with Crippen molar-refractivity contribution < 1.29 is 4.74 Å². The lowest BCUT2D eigenvalue weighted by Crippen LogP contribution is -2.69. The Morgan fingerprint density at radius 1 is 1.27 bits per heavy atom. The quantitative estimate of drug-likeness (QED) is 0.650. The van der Waals surface area contributed by atoms with Crippen LogP contribution in [0.5, 0.6) is 0 Å². The molecule has 142 valence electrons. The number of aromatic nitrogens is 2. The minimum atomic E-state index is 0.353. The van der Waals surface area contributed by atoms with E-state index in [-0.39, 0.29) is 0 Å². The van der Waals surface area contributed by atoms with Crippen LogP contribution in [-0.2, 0) is 4.74 Å². The molecule has 2 aliphatic carbocycles. The van der Waals surface area contributed by atoms with Gasteiger partial charge in [0.1, 0.15) is 0 Å². The minimum Gasteiger partial charge on any atom is -0.378 e. The second-order valence-electron chi connectivity index (χ2n) is 7.53. The Labute approximate surface area is 155 Å². The van der Waals surface area contributed by atoms with Crippen LogP contribution in [0.25, 0.3) is 0 Å². The standard InChI is InChI=1S/C19H30N6O/c1-3-26-16-14-15(19(16)6-4-7-19)23-17(20-2)24-10-12-25(13-11-24)18-21-8-5-9-22-18/h5,8-9,15-16H,3-4,6-7,10-14H2,1-2H3,(H,20,23). The third kappa shape index (κ3) is 3.02. The number of hydrogen-bond donors (Lipinski definition) is 1. The van der Waals surface area contributed by atoms with E-state index in [1.807, 2.05) is 13.1 Å². The second-order valence-corrected chi connectivity index (χ2v) is 7.53. The molecule has 1 spiro atoms. The first-order chi connectivity index (χ1) is 12.8. The lowest BCUT2D eigenvalue weighted by Gasteiger charge is -2.61. The monoisotopic (exact) mass is 358 g/mol. The van der Waals surface area contributed by atoms with Crippen LogP contribution in [0.1, 0.15) is 32.6 Å². The smallest absolute Gasteiger partial charge is 0.225 e. The summed E-state index contributed by atoms with van der Waals surface area (Å²) in [6, 6.07) is 2.36. The summed E-state index contributed by atoms with van der Waals surface area (Å²) < 4.78 is 5.98. The number of rotatable bonds is 4. The van der Waals surface area contributed by atoms with Crippen LogP contribution in [-0.4, -0.2) is 72.8 Å². The predicted octanol–water partition coefficient (Wildman–Crippen LogP) is 1.52. The van der Waals surface area contributed by atoms with Crippen LogP contribution < -0.4 is 10.2 Å². The largest absolute Gasteiger partial charge is 0.378 e. The molecule has 2 atom stereocenters. The van der Waals surface area contributed by atoms with Gasteiger partial charge in [0.15, 0.2) is 5.96 Å². The predicted molar refractivity (Wildman–Crippen MR) is 102 cm³/mol. The third-order valence-electron chi connectivity index (χ3n) is 6.37. The molecule has 2 unspecified atom stereocenters. The van der Waals surface area contributed by atoms with E-state index in [0.717, 1.165) is 51.1 Å². The highest BCUT2D eigenvalue weighted by Crippen LogP contribution is 2.57. The zero-order valence-corrected chi connectivity index (χ0v) is 15.9. The van der Waals surface area contributed by atoms with Crippen molar-refractivity contribution in [3.63, 3.8) is 0 Å². The molecule has 0 aromatic carbocycles. The molecule has 1 aromatic heterocycles. The second kappa shape index (κ2) is 7.39. The Kier molecular flexibility index (Phi) is 4.98. The van der Waals surface area contributed by atoms with Crippen molar-refractivity contribution in [1.29, 1.82) is 0 Å². The van der Waals surface area contributed by atoms with Gasteiger partial charge in [-0.25, -0.2) is 9.97 Å². The Morgan fingerprint density at radius 3 is 2.58 bits per heavy atom. The zero-order chi connectivity index (χ0) is 18.0. The van der Waals surface area contributed by atoms with Gasteiger partial charge in [-0.3, -0.25) is 4.99 Å². The molecule has 7 nitrogen and oxygen atoms in total.